The Hall–Kier alpha value is -4.22. The van der Waals surface area contributed by atoms with Crippen LogP contribution in [0.5, 0.6) is 0 Å². The van der Waals surface area contributed by atoms with Crippen molar-refractivity contribution in [3.8, 4) is 0 Å². The Morgan fingerprint density at radius 3 is 2.37 bits per heavy atom. The maximum atomic E-state index is 14.3. The van der Waals surface area contributed by atoms with E-state index in [1.807, 2.05) is 31.3 Å². The van der Waals surface area contributed by atoms with Gasteiger partial charge in [0.15, 0.2) is 0 Å². The van der Waals surface area contributed by atoms with E-state index in [9.17, 15) is 4.39 Å². The van der Waals surface area contributed by atoms with Crippen LogP contribution in [0.1, 0.15) is 65.6 Å². The summed E-state index contributed by atoms with van der Waals surface area (Å²) in [6, 6.07) is 27.1. The number of halogens is 1. The number of aryl methyl sites for hydroxylation is 2. The lowest BCUT2D eigenvalue weighted by atomic mass is 9.84. The van der Waals surface area contributed by atoms with E-state index in [2.05, 4.69) is 72.8 Å². The molecule has 1 fully saturated rings. The topological polar surface area (TPSA) is 52.3 Å². The second kappa shape index (κ2) is 13.8. The summed E-state index contributed by atoms with van der Waals surface area (Å²) in [5.74, 6) is 0.254. The molecule has 0 amide bonds. The van der Waals surface area contributed by atoms with E-state index in [1.165, 1.54) is 17.2 Å². The number of pyridine rings is 1. The molecule has 3 aromatic carbocycles. The maximum Gasteiger partial charge on any atom is 0.132 e. The number of aliphatic imine (C=N–C) groups is 1. The van der Waals surface area contributed by atoms with Gasteiger partial charge in [-0.1, -0.05) is 68.1 Å². The lowest BCUT2D eigenvalue weighted by Crippen LogP contribution is -2.36. The van der Waals surface area contributed by atoms with E-state index in [0.29, 0.717) is 11.5 Å². The van der Waals surface area contributed by atoms with Crippen LogP contribution in [0.15, 0.2) is 108 Å². The van der Waals surface area contributed by atoms with Crippen LogP contribution in [0, 0.1) is 31.0 Å². The first-order valence-corrected chi connectivity index (χ1v) is 15.2. The van der Waals surface area contributed by atoms with Gasteiger partial charge in [-0.3, -0.25) is 20.3 Å². The predicted molar refractivity (Wildman–Crippen MR) is 176 cm³/mol. The first-order chi connectivity index (χ1) is 20.8. The number of hydrogen-bond donors (Lipinski definition) is 1. The molecule has 0 saturated carbocycles. The molecule has 5 heteroatoms. The molecule has 0 bridgehead atoms. The monoisotopic (exact) mass is 572 g/mol. The predicted octanol–water partition coefficient (Wildman–Crippen LogP) is 8.99. The van der Waals surface area contributed by atoms with Gasteiger partial charge in [-0.2, -0.15) is 0 Å². The Kier molecular flexibility index (Phi) is 9.73. The van der Waals surface area contributed by atoms with Crippen molar-refractivity contribution in [1.82, 2.24) is 9.88 Å². The van der Waals surface area contributed by atoms with E-state index in [4.69, 9.17) is 10.4 Å². The van der Waals surface area contributed by atoms with Gasteiger partial charge in [-0.15, -0.1) is 0 Å². The highest BCUT2D eigenvalue weighted by molar-refractivity contribution is 6.11. The Labute approximate surface area is 255 Å². The van der Waals surface area contributed by atoms with E-state index >= 15 is 0 Å². The van der Waals surface area contributed by atoms with Crippen molar-refractivity contribution < 1.29 is 4.39 Å². The minimum absolute atomic E-state index is 0.223. The number of likely N-dealkylation sites (tertiary alicyclic amines) is 1. The maximum absolute atomic E-state index is 14.3. The standard InChI is InChI=1S/C38H41FN4/c1-26-11-5-8-15-36(26)42-38(29(4)23-28(3)35-14-9-10-20-41-35)31-18-21-43(22-19-31)25-30-16-17-32(27(2)24-30)37(40)33-12-6-7-13-34(33)39/h5-17,20,24,28,31,40H,4,18-19,21-23,25H2,1-3H3. The van der Waals surface area contributed by atoms with E-state index in [-0.39, 0.29) is 17.4 Å². The lowest BCUT2D eigenvalue weighted by Gasteiger charge is -2.33. The molecule has 1 N–H and O–H groups in total. The van der Waals surface area contributed by atoms with Crippen LogP contribution in [0.2, 0.25) is 0 Å². The van der Waals surface area contributed by atoms with Crippen molar-refractivity contribution in [1.29, 1.82) is 5.41 Å². The molecular weight excluding hydrogens is 531 g/mol. The van der Waals surface area contributed by atoms with Crippen LogP contribution >= 0.6 is 0 Å². The van der Waals surface area contributed by atoms with Gasteiger partial charge in [-0.25, -0.2) is 4.39 Å². The molecule has 43 heavy (non-hydrogen) atoms. The van der Waals surface area contributed by atoms with Crippen LogP contribution in [-0.4, -0.2) is 34.4 Å². The van der Waals surface area contributed by atoms with Gasteiger partial charge < -0.3 is 0 Å². The van der Waals surface area contributed by atoms with E-state index in [0.717, 1.165) is 72.7 Å². The molecule has 1 aliphatic rings. The second-order valence-corrected chi connectivity index (χ2v) is 11.8. The number of benzene rings is 3. The highest BCUT2D eigenvalue weighted by atomic mass is 19.1. The van der Waals surface area contributed by atoms with Gasteiger partial charge in [-0.05, 0) is 98.8 Å². The van der Waals surface area contributed by atoms with Gasteiger partial charge in [0.25, 0.3) is 0 Å². The molecule has 220 valence electrons. The number of nitrogens with zero attached hydrogens (tertiary/aromatic N) is 3. The largest absolute Gasteiger partial charge is 0.300 e. The fourth-order valence-corrected chi connectivity index (χ4v) is 6.06. The van der Waals surface area contributed by atoms with Crippen molar-refractivity contribution in [3.05, 3.63) is 143 Å². The summed E-state index contributed by atoms with van der Waals surface area (Å²) in [6.45, 7) is 13.7. The summed E-state index contributed by atoms with van der Waals surface area (Å²) >= 11 is 0. The highest BCUT2D eigenvalue weighted by Gasteiger charge is 2.26. The third-order valence-electron chi connectivity index (χ3n) is 8.55. The Morgan fingerprint density at radius 2 is 1.67 bits per heavy atom. The number of allylic oxidation sites excluding steroid dienone is 1. The van der Waals surface area contributed by atoms with Crippen LogP contribution in [0.4, 0.5) is 10.1 Å². The summed E-state index contributed by atoms with van der Waals surface area (Å²) < 4.78 is 14.3. The number of piperidine rings is 1. The first-order valence-electron chi connectivity index (χ1n) is 15.2. The molecule has 1 atom stereocenters. The normalized spacial score (nSPS) is 15.3. The zero-order valence-electron chi connectivity index (χ0n) is 25.5. The van der Waals surface area contributed by atoms with Crippen LogP contribution in [0.3, 0.4) is 0 Å². The molecule has 4 aromatic rings. The number of rotatable bonds is 10. The molecular formula is C38H41FN4. The molecule has 1 aliphatic heterocycles. The fraction of sp³-hybridized carbons (Fsp3) is 0.289. The minimum Gasteiger partial charge on any atom is -0.300 e. The van der Waals surface area contributed by atoms with Crippen LogP contribution < -0.4 is 0 Å². The Balaban J connectivity index is 1.27. The quantitative estimate of drug-likeness (QED) is 0.193. The molecule has 1 saturated heterocycles. The zero-order valence-corrected chi connectivity index (χ0v) is 25.5. The van der Waals surface area contributed by atoms with Gasteiger partial charge >= 0.3 is 0 Å². The highest BCUT2D eigenvalue weighted by Crippen LogP contribution is 2.31. The Bertz CT molecular complexity index is 1620. The summed E-state index contributed by atoms with van der Waals surface area (Å²) in [7, 11) is 0. The summed E-state index contributed by atoms with van der Waals surface area (Å²) in [5, 5.41) is 8.59. The first kappa shape index (κ1) is 30.2. The number of hydrogen-bond acceptors (Lipinski definition) is 4. The van der Waals surface area contributed by atoms with Gasteiger partial charge in [0.2, 0.25) is 0 Å². The zero-order chi connectivity index (χ0) is 30.3. The fourth-order valence-electron chi connectivity index (χ4n) is 6.06. The average Bonchev–Trinajstić information content (AvgIpc) is 3.01. The van der Waals surface area contributed by atoms with Crippen LogP contribution in [-0.2, 0) is 6.54 Å². The summed E-state index contributed by atoms with van der Waals surface area (Å²) in [4.78, 5) is 12.3. The summed E-state index contributed by atoms with van der Waals surface area (Å²) in [6.07, 6.45) is 4.73. The SMILES string of the molecule is C=C(CC(C)c1ccccn1)C(=Nc1ccccc1C)C1CCN(Cc2ccc(C(=N)c3ccccc3F)c(C)c2)CC1. The molecule has 0 aliphatic carbocycles. The van der Waals surface area contributed by atoms with Crippen molar-refractivity contribution in [2.24, 2.45) is 10.9 Å². The van der Waals surface area contributed by atoms with E-state index in [1.54, 1.807) is 18.2 Å². The van der Waals surface area contributed by atoms with E-state index < -0.39 is 0 Å². The second-order valence-electron chi connectivity index (χ2n) is 11.8. The van der Waals surface area contributed by atoms with Gasteiger partial charge in [0.05, 0.1) is 11.4 Å². The minimum atomic E-state index is -0.363. The molecule has 0 radical (unpaired) electrons. The molecule has 0 spiro atoms. The molecule has 4 nitrogen and oxygen atoms in total. The summed E-state index contributed by atoms with van der Waals surface area (Å²) in [5.41, 5.74) is 9.03. The average molecular weight is 573 g/mol. The Morgan fingerprint density at radius 1 is 0.953 bits per heavy atom. The molecule has 1 unspecified atom stereocenters. The number of aromatic nitrogens is 1. The molecule has 2 heterocycles. The lowest BCUT2D eigenvalue weighted by molar-refractivity contribution is 0.202. The molecule has 5 rings (SSSR count). The van der Waals surface area contributed by atoms with Gasteiger partial charge in [0, 0.05) is 47.1 Å². The number of nitrogens with one attached hydrogen (secondary N) is 1. The van der Waals surface area contributed by atoms with Crippen molar-refractivity contribution in [2.75, 3.05) is 13.1 Å². The number of para-hydroxylation sites is 1. The van der Waals surface area contributed by atoms with Crippen LogP contribution in [0.25, 0.3) is 0 Å². The van der Waals surface area contributed by atoms with Crippen molar-refractivity contribution in [3.63, 3.8) is 0 Å². The third kappa shape index (κ3) is 7.41. The van der Waals surface area contributed by atoms with Crippen molar-refractivity contribution >= 4 is 17.1 Å². The third-order valence-corrected chi connectivity index (χ3v) is 8.55. The molecule has 1 aromatic heterocycles. The smallest absolute Gasteiger partial charge is 0.132 e. The van der Waals surface area contributed by atoms with Crippen molar-refractivity contribution in [2.45, 2.75) is 52.5 Å². The van der Waals surface area contributed by atoms with Gasteiger partial charge in [0.1, 0.15) is 5.82 Å².